The predicted molar refractivity (Wildman–Crippen MR) is 32.1 cm³/mol. The Morgan fingerprint density at radius 3 is 2.08 bits per heavy atom. The molecular weight excluding hydrogens is 197 g/mol. The van der Waals surface area contributed by atoms with E-state index < -0.39 is 37.5 Å². The van der Waals surface area contributed by atoms with Crippen molar-refractivity contribution in [1.29, 1.82) is 0 Å². The number of amides is 1. The fourth-order valence-corrected chi connectivity index (χ4v) is 1.02. The number of carbonyl (C=O) groups is 1. The first-order valence-corrected chi connectivity index (χ1v) is 3.46. The highest BCUT2D eigenvalue weighted by atomic mass is 19.4. The zero-order chi connectivity index (χ0) is 10.2. The average Bonchev–Trinajstić information content (AvgIpc) is 1.80. The molecule has 0 aromatic rings. The van der Waals surface area contributed by atoms with Gasteiger partial charge in [-0.3, -0.25) is 4.79 Å². The number of likely N-dealkylation sites (tertiary alicyclic amines) is 1. The molecule has 1 saturated heterocycles. The van der Waals surface area contributed by atoms with Crippen LogP contribution in [0.2, 0.25) is 0 Å². The van der Waals surface area contributed by atoms with Gasteiger partial charge in [-0.15, -0.1) is 0 Å². The molecule has 1 rings (SSSR count). The van der Waals surface area contributed by atoms with Crippen LogP contribution in [-0.2, 0) is 4.79 Å². The molecule has 7 heteroatoms. The molecule has 1 fully saturated rings. The van der Waals surface area contributed by atoms with Gasteiger partial charge in [0.25, 0.3) is 0 Å². The largest absolute Gasteiger partial charge is 0.471 e. The molecule has 1 aliphatic heterocycles. The van der Waals surface area contributed by atoms with Crippen molar-refractivity contribution in [3.63, 3.8) is 0 Å². The van der Waals surface area contributed by atoms with Gasteiger partial charge >= 0.3 is 12.1 Å². The Morgan fingerprint density at radius 2 is 1.77 bits per heavy atom. The topological polar surface area (TPSA) is 20.3 Å². The molecule has 0 bridgehead atoms. The van der Waals surface area contributed by atoms with Gasteiger partial charge in [0.15, 0.2) is 0 Å². The summed E-state index contributed by atoms with van der Waals surface area (Å²) < 4.78 is 58.6. The molecule has 0 aliphatic carbocycles. The minimum Gasteiger partial charge on any atom is -0.334 e. The maximum Gasteiger partial charge on any atom is 0.471 e. The second-order valence-corrected chi connectivity index (χ2v) is 2.80. The van der Waals surface area contributed by atoms with Gasteiger partial charge in [-0.2, -0.15) is 13.2 Å². The lowest BCUT2D eigenvalue weighted by molar-refractivity contribution is -0.194. The molecule has 1 heterocycles. The fourth-order valence-electron chi connectivity index (χ4n) is 1.02. The predicted octanol–water partition coefficient (Wildman–Crippen LogP) is 1.27. The van der Waals surface area contributed by atoms with E-state index in [0.29, 0.717) is 4.90 Å². The first kappa shape index (κ1) is 10.2. The first-order chi connectivity index (χ1) is 5.82. The van der Waals surface area contributed by atoms with Crippen LogP contribution in [0.15, 0.2) is 0 Å². The molecule has 0 aromatic heterocycles. The number of hydrogen-bond acceptors (Lipinski definition) is 1. The number of carbonyl (C=O) groups excluding carboxylic acids is 1. The summed E-state index contributed by atoms with van der Waals surface area (Å²) in [6.07, 6.45) is -7.61. The van der Waals surface area contributed by atoms with Crippen molar-refractivity contribution >= 4 is 5.91 Å². The van der Waals surface area contributed by atoms with Gasteiger partial charge in [-0.1, -0.05) is 0 Å². The zero-order valence-corrected chi connectivity index (χ0v) is 6.31. The Bertz CT molecular complexity index is 208. The lowest BCUT2D eigenvalue weighted by Gasteiger charge is -2.38. The Kier molecular flexibility index (Phi) is 2.44. The minimum atomic E-state index is -4.95. The number of halogens is 5. The summed E-state index contributed by atoms with van der Waals surface area (Å²) in [6, 6.07) is 0. The van der Waals surface area contributed by atoms with E-state index in [1.807, 2.05) is 0 Å². The molecule has 1 aliphatic rings. The molecule has 0 spiro atoms. The highest BCUT2D eigenvalue weighted by molar-refractivity contribution is 5.82. The number of hydrogen-bond donors (Lipinski definition) is 0. The van der Waals surface area contributed by atoms with Gasteiger partial charge in [0.1, 0.15) is 0 Å². The molecule has 0 N–H and O–H groups in total. The minimum absolute atomic E-state index is 0.372. The summed E-state index contributed by atoms with van der Waals surface area (Å²) in [6.45, 7) is -1.01. The molecule has 0 aromatic carbocycles. The van der Waals surface area contributed by atoms with E-state index in [9.17, 15) is 26.7 Å². The first-order valence-electron chi connectivity index (χ1n) is 3.46. The molecule has 0 unspecified atom stereocenters. The summed E-state index contributed by atoms with van der Waals surface area (Å²) in [5, 5.41) is 0. The normalized spacial score (nSPS) is 19.1. The van der Waals surface area contributed by atoms with Crippen LogP contribution in [0.25, 0.3) is 0 Å². The maximum atomic E-state index is 11.8. The quantitative estimate of drug-likeness (QED) is 0.587. The molecule has 13 heavy (non-hydrogen) atoms. The van der Waals surface area contributed by atoms with Crippen molar-refractivity contribution in [3.05, 3.63) is 0 Å². The lowest BCUT2D eigenvalue weighted by atomic mass is 10.0. The van der Waals surface area contributed by atoms with Gasteiger partial charge in [-0.05, 0) is 0 Å². The van der Waals surface area contributed by atoms with Gasteiger partial charge < -0.3 is 4.90 Å². The third-order valence-electron chi connectivity index (χ3n) is 1.80. The highest BCUT2D eigenvalue weighted by Gasteiger charge is 2.48. The SMILES string of the molecule is O=C(N1CC(C(F)F)C1)C(F)(F)F. The summed E-state index contributed by atoms with van der Waals surface area (Å²) >= 11 is 0. The Hall–Kier alpha value is -0.880. The van der Waals surface area contributed by atoms with E-state index in [1.165, 1.54) is 0 Å². The molecule has 0 saturated carbocycles. The van der Waals surface area contributed by atoms with Crippen LogP contribution in [0.1, 0.15) is 0 Å². The Morgan fingerprint density at radius 1 is 1.31 bits per heavy atom. The maximum absolute atomic E-state index is 11.8. The monoisotopic (exact) mass is 203 g/mol. The van der Waals surface area contributed by atoms with Crippen molar-refractivity contribution in [3.8, 4) is 0 Å². The number of nitrogens with zero attached hydrogens (tertiary/aromatic N) is 1. The van der Waals surface area contributed by atoms with E-state index in [0.717, 1.165) is 0 Å². The molecular formula is C6H6F5NO. The Balaban J connectivity index is 2.40. The van der Waals surface area contributed by atoms with E-state index in [2.05, 4.69) is 0 Å². The Labute approximate surface area is 70.3 Å². The van der Waals surface area contributed by atoms with Crippen molar-refractivity contribution < 1.29 is 26.7 Å². The van der Waals surface area contributed by atoms with Gasteiger partial charge in [-0.25, -0.2) is 8.78 Å². The number of rotatable bonds is 1. The summed E-state index contributed by atoms with van der Waals surface area (Å²) in [7, 11) is 0. The molecule has 2 nitrogen and oxygen atoms in total. The van der Waals surface area contributed by atoms with E-state index in [4.69, 9.17) is 0 Å². The molecule has 0 atom stereocenters. The highest BCUT2D eigenvalue weighted by Crippen LogP contribution is 2.27. The fraction of sp³-hybridized carbons (Fsp3) is 0.833. The van der Waals surface area contributed by atoms with Crippen LogP contribution in [0.3, 0.4) is 0 Å². The summed E-state index contributed by atoms with van der Waals surface area (Å²) in [4.78, 5) is 10.7. The summed E-state index contributed by atoms with van der Waals surface area (Å²) in [5.41, 5.74) is 0. The van der Waals surface area contributed by atoms with Crippen LogP contribution < -0.4 is 0 Å². The second-order valence-electron chi connectivity index (χ2n) is 2.80. The van der Waals surface area contributed by atoms with Crippen molar-refractivity contribution in [2.45, 2.75) is 12.6 Å². The lowest BCUT2D eigenvalue weighted by Crippen LogP contribution is -2.56. The smallest absolute Gasteiger partial charge is 0.334 e. The van der Waals surface area contributed by atoms with Crippen LogP contribution >= 0.6 is 0 Å². The van der Waals surface area contributed by atoms with E-state index in [1.54, 1.807) is 0 Å². The van der Waals surface area contributed by atoms with Gasteiger partial charge in [0, 0.05) is 13.1 Å². The zero-order valence-electron chi connectivity index (χ0n) is 6.31. The summed E-state index contributed by atoms with van der Waals surface area (Å²) in [5.74, 6) is -3.14. The van der Waals surface area contributed by atoms with Crippen LogP contribution in [-0.4, -0.2) is 36.5 Å². The average molecular weight is 203 g/mol. The van der Waals surface area contributed by atoms with Crippen molar-refractivity contribution in [1.82, 2.24) is 4.90 Å². The standard InChI is InChI=1S/C6H6F5NO/c7-4(8)3-1-12(2-3)5(13)6(9,10)11/h3-4H,1-2H2. The third kappa shape index (κ3) is 2.07. The molecule has 0 radical (unpaired) electrons. The van der Waals surface area contributed by atoms with Gasteiger partial charge in [0.05, 0.1) is 5.92 Å². The van der Waals surface area contributed by atoms with E-state index >= 15 is 0 Å². The molecule has 76 valence electrons. The van der Waals surface area contributed by atoms with Crippen LogP contribution in [0.5, 0.6) is 0 Å². The van der Waals surface area contributed by atoms with Crippen LogP contribution in [0.4, 0.5) is 22.0 Å². The van der Waals surface area contributed by atoms with Crippen molar-refractivity contribution in [2.75, 3.05) is 13.1 Å². The molecule has 1 amide bonds. The van der Waals surface area contributed by atoms with Gasteiger partial charge in [0.2, 0.25) is 6.43 Å². The third-order valence-corrected chi connectivity index (χ3v) is 1.80. The van der Waals surface area contributed by atoms with E-state index in [-0.39, 0.29) is 0 Å². The number of alkyl halides is 5. The van der Waals surface area contributed by atoms with Crippen molar-refractivity contribution in [2.24, 2.45) is 5.92 Å². The second kappa shape index (κ2) is 3.12. The van der Waals surface area contributed by atoms with Crippen LogP contribution in [0, 0.1) is 5.92 Å².